The van der Waals surface area contributed by atoms with Gasteiger partial charge in [-0.05, 0) is 35.9 Å². The fraction of sp³-hybridized carbons (Fsp3) is 0.182. The van der Waals surface area contributed by atoms with Gasteiger partial charge in [-0.25, -0.2) is 0 Å². The van der Waals surface area contributed by atoms with Gasteiger partial charge in [-0.2, -0.15) is 0 Å². The molecular formula is C22H19N3O3. The molecule has 1 aliphatic rings. The van der Waals surface area contributed by atoms with E-state index in [1.165, 1.54) is 5.56 Å². The summed E-state index contributed by atoms with van der Waals surface area (Å²) in [6.45, 7) is 0.734. The van der Waals surface area contributed by atoms with Crippen LogP contribution in [0.15, 0.2) is 54.7 Å². The van der Waals surface area contributed by atoms with E-state index < -0.39 is 0 Å². The summed E-state index contributed by atoms with van der Waals surface area (Å²) < 4.78 is 18.6. The zero-order chi connectivity index (χ0) is 19.1. The summed E-state index contributed by atoms with van der Waals surface area (Å²) in [7, 11) is 3.24. The molecule has 0 N–H and O–H groups in total. The maximum atomic E-state index is 5.88. The number of ether oxygens (including phenoxy) is 3. The first-order valence-electron chi connectivity index (χ1n) is 9.11. The van der Waals surface area contributed by atoms with Crippen LogP contribution in [0.1, 0.15) is 5.56 Å². The number of para-hydroxylation sites is 1. The predicted octanol–water partition coefficient (Wildman–Crippen LogP) is 4.02. The Balaban J connectivity index is 1.65. The van der Waals surface area contributed by atoms with Crippen molar-refractivity contribution in [3.8, 4) is 39.8 Å². The largest absolute Gasteiger partial charge is 0.493 e. The molecule has 1 aliphatic heterocycles. The molecule has 0 amide bonds. The van der Waals surface area contributed by atoms with Gasteiger partial charge in [0, 0.05) is 29.3 Å². The molecule has 3 heterocycles. The van der Waals surface area contributed by atoms with Gasteiger partial charge in [-0.15, -0.1) is 10.2 Å². The Morgan fingerprint density at radius 1 is 0.929 bits per heavy atom. The van der Waals surface area contributed by atoms with Crippen LogP contribution in [0.5, 0.6) is 17.2 Å². The predicted molar refractivity (Wildman–Crippen MR) is 106 cm³/mol. The number of hydrogen-bond acceptors (Lipinski definition) is 5. The van der Waals surface area contributed by atoms with Gasteiger partial charge in [0.25, 0.3) is 0 Å². The lowest BCUT2D eigenvalue weighted by Crippen LogP contribution is -1.94. The van der Waals surface area contributed by atoms with Gasteiger partial charge in [0.15, 0.2) is 23.0 Å². The molecule has 0 unspecified atom stereocenters. The first-order chi connectivity index (χ1) is 13.8. The van der Waals surface area contributed by atoms with Crippen molar-refractivity contribution in [3.05, 3.63) is 60.3 Å². The third-order valence-electron chi connectivity index (χ3n) is 5.07. The van der Waals surface area contributed by atoms with E-state index in [-0.39, 0.29) is 0 Å². The molecule has 0 atom stereocenters. The van der Waals surface area contributed by atoms with E-state index in [1.54, 1.807) is 14.2 Å². The van der Waals surface area contributed by atoms with Crippen LogP contribution in [0, 0.1) is 0 Å². The van der Waals surface area contributed by atoms with Crippen LogP contribution in [0.2, 0.25) is 0 Å². The molecule has 0 spiro atoms. The highest BCUT2D eigenvalue weighted by Gasteiger charge is 2.18. The quantitative estimate of drug-likeness (QED) is 0.541. The highest BCUT2D eigenvalue weighted by atomic mass is 16.5. The second-order valence-corrected chi connectivity index (χ2v) is 6.63. The van der Waals surface area contributed by atoms with Crippen molar-refractivity contribution < 1.29 is 14.2 Å². The Labute approximate surface area is 162 Å². The maximum absolute atomic E-state index is 5.88. The van der Waals surface area contributed by atoms with Crippen LogP contribution in [-0.4, -0.2) is 35.4 Å². The summed E-state index contributed by atoms with van der Waals surface area (Å²) in [6, 6.07) is 16.1. The number of rotatable bonds is 4. The summed E-state index contributed by atoms with van der Waals surface area (Å²) in [5, 5.41) is 8.70. The third-order valence-corrected chi connectivity index (χ3v) is 5.07. The average Bonchev–Trinajstić information content (AvgIpc) is 3.39. The van der Waals surface area contributed by atoms with Crippen LogP contribution >= 0.6 is 0 Å². The Morgan fingerprint density at radius 3 is 2.64 bits per heavy atom. The Morgan fingerprint density at radius 2 is 1.79 bits per heavy atom. The molecule has 0 saturated carbocycles. The van der Waals surface area contributed by atoms with Gasteiger partial charge in [-0.3, -0.25) is 4.40 Å². The molecule has 2 aromatic carbocycles. The van der Waals surface area contributed by atoms with Crippen molar-refractivity contribution in [2.75, 3.05) is 20.8 Å². The standard InChI is InChI=1S/C22H19N3O3/c1-26-18-8-6-15(12-19(18)27-2)22-24-23-20-9-7-16(13-25(20)22)17-5-3-4-14-10-11-28-21(14)17/h3-9,12-13H,10-11H2,1-2H3. The molecule has 0 fully saturated rings. The van der Waals surface area contributed by atoms with E-state index in [0.717, 1.165) is 46.9 Å². The summed E-state index contributed by atoms with van der Waals surface area (Å²) in [5.41, 5.74) is 5.08. The number of hydrogen-bond donors (Lipinski definition) is 0. The summed E-state index contributed by atoms with van der Waals surface area (Å²) >= 11 is 0. The summed E-state index contributed by atoms with van der Waals surface area (Å²) in [6.07, 6.45) is 3.01. The van der Waals surface area contributed by atoms with Crippen molar-refractivity contribution in [1.82, 2.24) is 14.6 Å². The van der Waals surface area contributed by atoms with Crippen LogP contribution in [-0.2, 0) is 6.42 Å². The number of aromatic nitrogens is 3. The Kier molecular flexibility index (Phi) is 3.90. The van der Waals surface area contributed by atoms with Gasteiger partial charge < -0.3 is 14.2 Å². The minimum absolute atomic E-state index is 0.655. The smallest absolute Gasteiger partial charge is 0.168 e. The number of pyridine rings is 1. The fourth-order valence-corrected chi connectivity index (χ4v) is 3.66. The summed E-state index contributed by atoms with van der Waals surface area (Å²) in [5.74, 6) is 3.05. The van der Waals surface area contributed by atoms with Gasteiger partial charge in [0.1, 0.15) is 5.75 Å². The molecule has 4 aromatic rings. The SMILES string of the molecule is COc1ccc(-c2nnc3ccc(-c4cccc5c4OCC5)cn23)cc1OC. The number of fused-ring (bicyclic) bond motifs is 2. The van der Waals surface area contributed by atoms with Crippen molar-refractivity contribution in [3.63, 3.8) is 0 Å². The summed E-state index contributed by atoms with van der Waals surface area (Å²) in [4.78, 5) is 0. The fourth-order valence-electron chi connectivity index (χ4n) is 3.66. The van der Waals surface area contributed by atoms with Crippen molar-refractivity contribution in [1.29, 1.82) is 0 Å². The van der Waals surface area contributed by atoms with E-state index in [4.69, 9.17) is 14.2 Å². The molecule has 28 heavy (non-hydrogen) atoms. The van der Waals surface area contributed by atoms with Crippen molar-refractivity contribution >= 4 is 5.65 Å². The molecule has 5 rings (SSSR count). The topological polar surface area (TPSA) is 57.9 Å². The van der Waals surface area contributed by atoms with E-state index in [9.17, 15) is 0 Å². The number of nitrogens with zero attached hydrogens (tertiary/aromatic N) is 3. The lowest BCUT2D eigenvalue weighted by molar-refractivity contribution is 0.355. The maximum Gasteiger partial charge on any atom is 0.168 e. The Bertz CT molecular complexity index is 1180. The van der Waals surface area contributed by atoms with Crippen LogP contribution < -0.4 is 14.2 Å². The molecule has 0 bridgehead atoms. The molecule has 6 nitrogen and oxygen atoms in total. The minimum Gasteiger partial charge on any atom is -0.493 e. The van der Waals surface area contributed by atoms with Crippen LogP contribution in [0.3, 0.4) is 0 Å². The molecule has 2 aromatic heterocycles. The molecule has 6 heteroatoms. The second kappa shape index (κ2) is 6.56. The van der Waals surface area contributed by atoms with Gasteiger partial charge in [0.2, 0.25) is 0 Å². The monoisotopic (exact) mass is 373 g/mol. The van der Waals surface area contributed by atoms with Crippen molar-refractivity contribution in [2.24, 2.45) is 0 Å². The van der Waals surface area contributed by atoms with E-state index in [2.05, 4.69) is 40.7 Å². The molecule has 140 valence electrons. The normalized spacial score (nSPS) is 12.6. The van der Waals surface area contributed by atoms with E-state index in [1.807, 2.05) is 28.7 Å². The zero-order valence-corrected chi connectivity index (χ0v) is 15.7. The second-order valence-electron chi connectivity index (χ2n) is 6.63. The van der Waals surface area contributed by atoms with E-state index >= 15 is 0 Å². The molecule has 0 radical (unpaired) electrons. The highest BCUT2D eigenvalue weighted by molar-refractivity contribution is 5.74. The van der Waals surface area contributed by atoms with Gasteiger partial charge in [-0.1, -0.05) is 18.2 Å². The van der Waals surface area contributed by atoms with Crippen molar-refractivity contribution in [2.45, 2.75) is 6.42 Å². The minimum atomic E-state index is 0.655. The first-order valence-corrected chi connectivity index (χ1v) is 9.11. The molecule has 0 aliphatic carbocycles. The zero-order valence-electron chi connectivity index (χ0n) is 15.7. The van der Waals surface area contributed by atoms with Gasteiger partial charge >= 0.3 is 0 Å². The lowest BCUT2D eigenvalue weighted by Gasteiger charge is -2.10. The highest BCUT2D eigenvalue weighted by Crippen LogP contribution is 2.37. The Hall–Kier alpha value is -3.54. The van der Waals surface area contributed by atoms with Crippen LogP contribution in [0.4, 0.5) is 0 Å². The average molecular weight is 373 g/mol. The van der Waals surface area contributed by atoms with E-state index in [0.29, 0.717) is 11.5 Å². The lowest BCUT2D eigenvalue weighted by atomic mass is 10.0. The molecule has 0 saturated heterocycles. The molecular weight excluding hydrogens is 354 g/mol. The third kappa shape index (κ3) is 2.57. The number of methoxy groups -OCH3 is 2. The van der Waals surface area contributed by atoms with Crippen LogP contribution in [0.25, 0.3) is 28.2 Å². The number of benzene rings is 2. The van der Waals surface area contributed by atoms with Gasteiger partial charge in [0.05, 0.1) is 20.8 Å². The first kappa shape index (κ1) is 16.6.